The van der Waals surface area contributed by atoms with Gasteiger partial charge in [0.25, 0.3) is 0 Å². The van der Waals surface area contributed by atoms with Gasteiger partial charge in [0.15, 0.2) is 0 Å². The molecule has 0 heterocycles. The van der Waals surface area contributed by atoms with Gasteiger partial charge in [-0.3, -0.25) is 6.08 Å². The van der Waals surface area contributed by atoms with E-state index < -0.39 is 8.07 Å². The van der Waals surface area contributed by atoms with E-state index in [0.717, 1.165) is 12.0 Å². The van der Waals surface area contributed by atoms with Crippen LogP contribution < -0.4 is 30.0 Å². The van der Waals surface area contributed by atoms with Crippen LogP contribution in [0, 0.1) is 25.7 Å². The SMILES string of the molecule is CC1=[C-]C(C)(C)c2cc3c(cc21)-c1cc2c(cc1C3)C(C)(C)C=C2C.Cc1cc([Si](C)(C)C)c(C)[cH-]1.Fc1ccc([CH]=[Zr+2])cc1.[Cl-].[Cl-]. The van der Waals surface area contributed by atoms with Crippen LogP contribution in [0.3, 0.4) is 0 Å². The summed E-state index contributed by atoms with van der Waals surface area (Å²) < 4.78 is 14.2. The van der Waals surface area contributed by atoms with Crippen LogP contribution in [-0.4, -0.2) is 11.8 Å². The summed E-state index contributed by atoms with van der Waals surface area (Å²) in [6.07, 6.45) is 7.13. The number of benzene rings is 3. The Labute approximate surface area is 311 Å². The minimum Gasteiger partial charge on any atom is -1.00 e. The van der Waals surface area contributed by atoms with Crippen molar-refractivity contribution < 1.29 is 53.4 Å². The van der Waals surface area contributed by atoms with Crippen molar-refractivity contribution in [2.24, 2.45) is 0 Å². The van der Waals surface area contributed by atoms with Gasteiger partial charge in [-0.15, -0.1) is 11.6 Å². The van der Waals surface area contributed by atoms with Crippen molar-refractivity contribution in [1.82, 2.24) is 0 Å². The summed E-state index contributed by atoms with van der Waals surface area (Å²) >= 11 is 1.34. The summed E-state index contributed by atoms with van der Waals surface area (Å²) in [5.74, 6) is -0.170. The molecule has 47 heavy (non-hydrogen) atoms. The number of hydrogen-bond donors (Lipinski definition) is 0. The average molecular weight is 761 g/mol. The zero-order valence-corrected chi connectivity index (χ0v) is 34.7. The molecule has 5 heteroatoms. The molecule has 0 radical (unpaired) electrons. The predicted molar refractivity (Wildman–Crippen MR) is 193 cm³/mol. The van der Waals surface area contributed by atoms with Gasteiger partial charge in [-0.05, 0) is 58.4 Å². The van der Waals surface area contributed by atoms with Crippen molar-refractivity contribution in [3.8, 4) is 11.1 Å². The summed E-state index contributed by atoms with van der Waals surface area (Å²) in [5, 5.41) is 1.62. The Morgan fingerprint density at radius 3 is 1.83 bits per heavy atom. The van der Waals surface area contributed by atoms with Gasteiger partial charge in [-0.2, -0.15) is 27.9 Å². The Morgan fingerprint density at radius 2 is 1.34 bits per heavy atom. The molecule has 0 bridgehead atoms. The fourth-order valence-electron chi connectivity index (χ4n) is 7.44. The van der Waals surface area contributed by atoms with Gasteiger partial charge in [0.1, 0.15) is 0 Å². The van der Waals surface area contributed by atoms with Crippen molar-refractivity contribution in [3.63, 3.8) is 0 Å². The molecule has 0 spiro atoms. The molecule has 3 aliphatic rings. The van der Waals surface area contributed by atoms with Gasteiger partial charge in [0.2, 0.25) is 0 Å². The van der Waals surface area contributed by atoms with E-state index in [9.17, 15) is 4.39 Å². The second kappa shape index (κ2) is 14.4. The topological polar surface area (TPSA) is 0 Å². The summed E-state index contributed by atoms with van der Waals surface area (Å²) in [5.41, 5.74) is 18.5. The van der Waals surface area contributed by atoms with Gasteiger partial charge in [-0.1, -0.05) is 91.7 Å². The molecule has 7 rings (SSSR count). The van der Waals surface area contributed by atoms with Crippen LogP contribution in [0.15, 0.2) is 66.7 Å². The first-order chi connectivity index (χ1) is 20.9. The monoisotopic (exact) mass is 758 g/mol. The zero-order valence-electron chi connectivity index (χ0n) is 29.8. The number of fused-ring (bicyclic) bond motifs is 5. The minimum absolute atomic E-state index is 0. The molecule has 4 aromatic rings. The molecular weight excluding hydrogens is 714 g/mol. The van der Waals surface area contributed by atoms with E-state index in [-0.39, 0.29) is 41.5 Å². The molecule has 0 N–H and O–H groups in total. The summed E-state index contributed by atoms with van der Waals surface area (Å²) in [6, 6.07) is 20.9. The van der Waals surface area contributed by atoms with Crippen molar-refractivity contribution in [2.45, 2.75) is 92.3 Å². The Hall–Kier alpha value is -2.03. The molecule has 0 saturated carbocycles. The molecule has 0 nitrogen and oxygen atoms in total. The average Bonchev–Trinajstić information content (AvgIpc) is 3.62. The molecule has 0 aliphatic heterocycles. The first-order valence-electron chi connectivity index (χ1n) is 16.1. The molecule has 4 aromatic carbocycles. The van der Waals surface area contributed by atoms with E-state index in [2.05, 4.69) is 124 Å². The largest absolute Gasteiger partial charge is 1.00 e. The van der Waals surface area contributed by atoms with E-state index in [1.807, 2.05) is 3.71 Å². The Bertz CT molecular complexity index is 1780. The normalized spacial score (nSPS) is 15.5. The molecule has 0 atom stereocenters. The smallest absolute Gasteiger partial charge is 1.00 e. The maximum atomic E-state index is 12.2. The van der Waals surface area contributed by atoms with Crippen molar-refractivity contribution in [3.05, 3.63) is 129 Å². The standard InChI is InChI=1S/C25H25.C10H17Si.C7H5F.2ClH.Zr/c1-14-12-24(3,4)22-8-16-7-17-9-23-19(15(2)13-25(23,5)6)11-21(17)20(16)10-18(14)22;1-8-6-9(2)10(7-8)11(3,4)5;1-6-2-4-7(8)5-3-6;;;/h8-12H,7H2,1-6H3;6-7H,1-5H3;1-5H;2*1H;/q2*-1;;;;+2/p-2. The Morgan fingerprint density at radius 1 is 0.787 bits per heavy atom. The van der Waals surface area contributed by atoms with Gasteiger partial charge in [0.05, 0.1) is 0 Å². The van der Waals surface area contributed by atoms with Crippen LogP contribution in [-0.2, 0) is 41.5 Å². The van der Waals surface area contributed by atoms with E-state index >= 15 is 0 Å². The molecule has 3 aliphatic carbocycles. The second-order valence-electron chi connectivity index (χ2n) is 15.3. The molecule has 0 aromatic heterocycles. The maximum Gasteiger partial charge on any atom is -1.00 e. The maximum absolute atomic E-state index is 12.2. The van der Waals surface area contributed by atoms with Gasteiger partial charge >= 0.3 is 68.0 Å². The van der Waals surface area contributed by atoms with Crippen LogP contribution in [0.2, 0.25) is 19.6 Å². The number of hydrogen-bond acceptors (Lipinski definition) is 0. The molecule has 0 amide bonds. The van der Waals surface area contributed by atoms with Crippen LogP contribution in [0.1, 0.15) is 91.6 Å². The van der Waals surface area contributed by atoms with Crippen molar-refractivity contribution in [2.75, 3.05) is 0 Å². The minimum atomic E-state index is -1.06. The number of aryl methyl sites for hydroxylation is 2. The number of rotatable bonds is 2. The third-order valence-corrected chi connectivity index (χ3v) is 12.5. The summed E-state index contributed by atoms with van der Waals surface area (Å²) in [4.78, 5) is 0. The molecule has 0 saturated heterocycles. The quantitative estimate of drug-likeness (QED) is 0.183. The van der Waals surface area contributed by atoms with E-state index in [4.69, 9.17) is 0 Å². The number of allylic oxidation sites excluding steroid dienone is 4. The van der Waals surface area contributed by atoms with Gasteiger partial charge in [0, 0.05) is 13.5 Å². The second-order valence-corrected chi connectivity index (χ2v) is 21.0. The third-order valence-electron chi connectivity index (χ3n) is 9.52. The van der Waals surface area contributed by atoms with Crippen LogP contribution >= 0.6 is 0 Å². The van der Waals surface area contributed by atoms with Gasteiger partial charge in [-0.25, -0.2) is 11.6 Å². The Balaban J connectivity index is 0.000000228. The number of halogens is 3. The predicted octanol–water partition coefficient (Wildman–Crippen LogP) is 4.55. The van der Waals surface area contributed by atoms with E-state index in [0.29, 0.717) is 0 Å². The van der Waals surface area contributed by atoms with E-state index in [1.165, 1.54) is 103 Å². The third kappa shape index (κ3) is 8.07. The summed E-state index contributed by atoms with van der Waals surface area (Å²) in [7, 11) is -1.06. The van der Waals surface area contributed by atoms with Crippen LogP contribution in [0.5, 0.6) is 0 Å². The fourth-order valence-corrected chi connectivity index (χ4v) is 9.83. The first kappa shape index (κ1) is 39.4. The summed E-state index contributed by atoms with van der Waals surface area (Å²) in [6.45, 7) is 25.3. The first-order valence-corrected chi connectivity index (χ1v) is 21.0. The van der Waals surface area contributed by atoms with Crippen molar-refractivity contribution >= 4 is 28.1 Å². The molecule has 0 fully saturated rings. The zero-order chi connectivity index (χ0) is 33.1. The molecular formula is C42H47Cl2FSiZr-2. The molecule has 0 unspecified atom stereocenters. The van der Waals surface area contributed by atoms with Crippen LogP contribution in [0.4, 0.5) is 4.39 Å². The van der Waals surface area contributed by atoms with Crippen LogP contribution in [0.25, 0.3) is 22.3 Å². The van der Waals surface area contributed by atoms with Crippen molar-refractivity contribution in [1.29, 1.82) is 0 Å². The molecule has 246 valence electrons. The Kier molecular flexibility index (Phi) is 12.1. The fraction of sp³-hybridized carbons (Fsp3) is 0.333. The van der Waals surface area contributed by atoms with E-state index in [1.54, 1.807) is 17.3 Å². The van der Waals surface area contributed by atoms with Gasteiger partial charge < -0.3 is 24.8 Å².